The highest BCUT2D eigenvalue weighted by Gasteiger charge is 2.23. The number of methoxy groups -OCH3 is 1. The van der Waals surface area contributed by atoms with Crippen LogP contribution in [0.4, 0.5) is 5.82 Å². The first-order chi connectivity index (χ1) is 16.0. The SMILES string of the molecule is COc1ccc(-c2cc(C(C)=O)c(C)n2CCC(=O)N2CCN(c3ccccn3)CC2)cc1. The van der Waals surface area contributed by atoms with Crippen LogP contribution in [0.15, 0.2) is 54.7 Å². The van der Waals surface area contributed by atoms with E-state index in [1.807, 2.05) is 60.4 Å². The topological polar surface area (TPSA) is 67.7 Å². The van der Waals surface area contributed by atoms with Crippen LogP contribution in [-0.2, 0) is 11.3 Å². The molecule has 172 valence electrons. The molecular formula is C26H30N4O3. The Hall–Kier alpha value is -3.61. The van der Waals surface area contributed by atoms with Gasteiger partial charge < -0.3 is 19.1 Å². The van der Waals surface area contributed by atoms with Gasteiger partial charge in [0.05, 0.1) is 7.11 Å². The molecule has 1 aliphatic heterocycles. The first kappa shape index (κ1) is 22.6. The van der Waals surface area contributed by atoms with Crippen molar-refractivity contribution in [1.29, 1.82) is 0 Å². The van der Waals surface area contributed by atoms with Crippen molar-refractivity contribution in [3.63, 3.8) is 0 Å². The van der Waals surface area contributed by atoms with E-state index >= 15 is 0 Å². The van der Waals surface area contributed by atoms with Gasteiger partial charge in [-0.2, -0.15) is 0 Å². The summed E-state index contributed by atoms with van der Waals surface area (Å²) in [7, 11) is 1.64. The largest absolute Gasteiger partial charge is 0.497 e. The van der Waals surface area contributed by atoms with E-state index in [1.54, 1.807) is 20.2 Å². The molecule has 1 aliphatic rings. The third-order valence-corrected chi connectivity index (χ3v) is 6.29. The van der Waals surface area contributed by atoms with E-state index in [9.17, 15) is 9.59 Å². The lowest BCUT2D eigenvalue weighted by molar-refractivity contribution is -0.131. The van der Waals surface area contributed by atoms with Crippen LogP contribution in [0.5, 0.6) is 5.75 Å². The second kappa shape index (κ2) is 9.90. The Kier molecular flexibility index (Phi) is 6.77. The summed E-state index contributed by atoms with van der Waals surface area (Å²) in [6.07, 6.45) is 2.18. The molecule has 7 nitrogen and oxygen atoms in total. The van der Waals surface area contributed by atoms with Crippen LogP contribution < -0.4 is 9.64 Å². The Morgan fingerprint density at radius 2 is 1.76 bits per heavy atom. The summed E-state index contributed by atoms with van der Waals surface area (Å²) < 4.78 is 7.35. The summed E-state index contributed by atoms with van der Waals surface area (Å²) in [5.41, 5.74) is 3.51. The van der Waals surface area contributed by atoms with E-state index in [0.29, 0.717) is 31.6 Å². The number of aromatic nitrogens is 2. The summed E-state index contributed by atoms with van der Waals surface area (Å²) in [6, 6.07) is 15.6. The third-order valence-electron chi connectivity index (χ3n) is 6.29. The number of pyridine rings is 1. The number of benzene rings is 1. The minimum Gasteiger partial charge on any atom is -0.497 e. The van der Waals surface area contributed by atoms with Crippen LogP contribution >= 0.6 is 0 Å². The fraction of sp³-hybridized carbons (Fsp3) is 0.346. The van der Waals surface area contributed by atoms with E-state index in [-0.39, 0.29) is 11.7 Å². The fourth-order valence-electron chi connectivity index (χ4n) is 4.38. The van der Waals surface area contributed by atoms with Crippen molar-refractivity contribution in [2.45, 2.75) is 26.8 Å². The van der Waals surface area contributed by atoms with Gasteiger partial charge in [-0.05, 0) is 61.9 Å². The summed E-state index contributed by atoms with van der Waals surface area (Å²) in [5, 5.41) is 0. The van der Waals surface area contributed by atoms with Crippen molar-refractivity contribution in [2.24, 2.45) is 0 Å². The lowest BCUT2D eigenvalue weighted by Gasteiger charge is -2.35. The Balaban J connectivity index is 1.45. The first-order valence-electron chi connectivity index (χ1n) is 11.3. The Morgan fingerprint density at radius 3 is 2.36 bits per heavy atom. The Bertz CT molecular complexity index is 1110. The molecule has 0 saturated carbocycles. The number of rotatable bonds is 7. The molecule has 0 N–H and O–H groups in total. The lowest BCUT2D eigenvalue weighted by atomic mass is 10.1. The maximum Gasteiger partial charge on any atom is 0.224 e. The zero-order valence-electron chi connectivity index (χ0n) is 19.5. The van der Waals surface area contributed by atoms with E-state index in [1.165, 1.54) is 0 Å². The molecule has 0 unspecified atom stereocenters. The van der Waals surface area contributed by atoms with Gasteiger partial charge in [-0.25, -0.2) is 4.98 Å². The highest BCUT2D eigenvalue weighted by Crippen LogP contribution is 2.28. The monoisotopic (exact) mass is 446 g/mol. The molecule has 1 saturated heterocycles. The molecule has 1 fully saturated rings. The number of anilines is 1. The smallest absolute Gasteiger partial charge is 0.224 e. The van der Waals surface area contributed by atoms with Crippen molar-refractivity contribution in [3.8, 4) is 17.0 Å². The fourth-order valence-corrected chi connectivity index (χ4v) is 4.38. The number of Topliss-reactive ketones (excluding diaryl/α,β-unsaturated/α-hetero) is 1. The number of piperazine rings is 1. The zero-order valence-corrected chi connectivity index (χ0v) is 19.5. The second-order valence-electron chi connectivity index (χ2n) is 8.27. The molecule has 33 heavy (non-hydrogen) atoms. The Labute approximate surface area is 194 Å². The predicted molar refractivity (Wildman–Crippen MR) is 129 cm³/mol. The van der Waals surface area contributed by atoms with Crippen LogP contribution in [0, 0.1) is 6.92 Å². The molecule has 0 bridgehead atoms. The molecule has 1 aromatic carbocycles. The molecular weight excluding hydrogens is 416 g/mol. The zero-order chi connectivity index (χ0) is 23.4. The molecule has 1 amide bonds. The van der Waals surface area contributed by atoms with Crippen molar-refractivity contribution in [1.82, 2.24) is 14.5 Å². The average molecular weight is 447 g/mol. The molecule has 0 aliphatic carbocycles. The Morgan fingerprint density at radius 1 is 1.03 bits per heavy atom. The van der Waals surface area contributed by atoms with Crippen LogP contribution in [0.2, 0.25) is 0 Å². The van der Waals surface area contributed by atoms with Crippen molar-refractivity contribution in [2.75, 3.05) is 38.2 Å². The van der Waals surface area contributed by atoms with Crippen LogP contribution in [0.25, 0.3) is 11.3 Å². The molecule has 4 rings (SSSR count). The molecule has 3 aromatic rings. The van der Waals surface area contributed by atoms with Gasteiger partial charge in [-0.1, -0.05) is 6.07 Å². The van der Waals surface area contributed by atoms with E-state index < -0.39 is 0 Å². The molecule has 0 atom stereocenters. The summed E-state index contributed by atoms with van der Waals surface area (Å²) in [5.74, 6) is 1.89. The van der Waals surface area contributed by atoms with Crippen LogP contribution in [-0.4, -0.2) is 59.4 Å². The summed E-state index contributed by atoms with van der Waals surface area (Å²) in [6.45, 7) is 6.97. The maximum atomic E-state index is 13.0. The number of carbonyl (C=O) groups excluding carboxylic acids is 2. The van der Waals surface area contributed by atoms with E-state index in [2.05, 4.69) is 14.5 Å². The number of ether oxygens (including phenoxy) is 1. The standard InChI is InChI=1S/C26H30N4O3/c1-19-23(20(2)31)18-24(21-7-9-22(33-3)10-8-21)30(19)13-11-26(32)29-16-14-28(15-17-29)25-6-4-5-12-27-25/h4-10,12,18H,11,13-17H2,1-3H3. The predicted octanol–water partition coefficient (Wildman–Crippen LogP) is 3.81. The minimum absolute atomic E-state index is 0.0259. The van der Waals surface area contributed by atoms with Crippen molar-refractivity contribution >= 4 is 17.5 Å². The number of hydrogen-bond donors (Lipinski definition) is 0. The van der Waals surface area contributed by atoms with Crippen molar-refractivity contribution < 1.29 is 14.3 Å². The summed E-state index contributed by atoms with van der Waals surface area (Å²) >= 11 is 0. The average Bonchev–Trinajstić information content (AvgIpc) is 3.19. The molecule has 0 radical (unpaired) electrons. The number of amides is 1. The third kappa shape index (κ3) is 4.92. The number of ketones is 1. The van der Waals surface area contributed by atoms with Crippen LogP contribution in [0.3, 0.4) is 0 Å². The number of hydrogen-bond acceptors (Lipinski definition) is 5. The van der Waals surface area contributed by atoms with Gasteiger partial charge in [0.2, 0.25) is 5.91 Å². The second-order valence-corrected chi connectivity index (χ2v) is 8.27. The quantitative estimate of drug-likeness (QED) is 0.517. The van der Waals surface area contributed by atoms with E-state index in [4.69, 9.17) is 4.74 Å². The van der Waals surface area contributed by atoms with Gasteiger partial charge in [0, 0.05) is 62.3 Å². The molecule has 3 heterocycles. The molecule has 2 aromatic heterocycles. The molecule has 7 heteroatoms. The highest BCUT2D eigenvalue weighted by molar-refractivity contribution is 5.96. The van der Waals surface area contributed by atoms with E-state index in [0.717, 1.165) is 41.6 Å². The number of carbonyl (C=O) groups is 2. The van der Waals surface area contributed by atoms with Gasteiger partial charge in [0.1, 0.15) is 11.6 Å². The highest BCUT2D eigenvalue weighted by atomic mass is 16.5. The van der Waals surface area contributed by atoms with Gasteiger partial charge in [0.15, 0.2) is 5.78 Å². The lowest BCUT2D eigenvalue weighted by Crippen LogP contribution is -2.49. The maximum absolute atomic E-state index is 13.0. The summed E-state index contributed by atoms with van der Waals surface area (Å²) in [4.78, 5) is 33.7. The van der Waals surface area contributed by atoms with Gasteiger partial charge in [-0.3, -0.25) is 9.59 Å². The van der Waals surface area contributed by atoms with Gasteiger partial charge >= 0.3 is 0 Å². The molecule has 0 spiro atoms. The van der Waals surface area contributed by atoms with Crippen LogP contribution in [0.1, 0.15) is 29.4 Å². The van der Waals surface area contributed by atoms with Gasteiger partial charge in [0.25, 0.3) is 0 Å². The van der Waals surface area contributed by atoms with Crippen molar-refractivity contribution in [3.05, 3.63) is 66.0 Å². The minimum atomic E-state index is 0.0259. The normalized spacial score (nSPS) is 13.8. The first-order valence-corrected chi connectivity index (χ1v) is 11.3. The van der Waals surface area contributed by atoms with Gasteiger partial charge in [-0.15, -0.1) is 0 Å². The number of nitrogens with zero attached hydrogens (tertiary/aromatic N) is 4.